The van der Waals surface area contributed by atoms with Crippen LogP contribution in [0.15, 0.2) is 12.2 Å². The van der Waals surface area contributed by atoms with Crippen molar-refractivity contribution in [1.82, 2.24) is 0 Å². The largest absolute Gasteiger partial charge is 0.458 e. The Balaban J connectivity index is 2.44. The molecule has 0 saturated carbocycles. The Morgan fingerprint density at radius 1 is 1.50 bits per heavy atom. The maximum absolute atomic E-state index is 11.6. The van der Waals surface area contributed by atoms with E-state index in [2.05, 4.69) is 6.58 Å². The van der Waals surface area contributed by atoms with Crippen molar-refractivity contribution in [2.24, 2.45) is 5.92 Å². The summed E-state index contributed by atoms with van der Waals surface area (Å²) in [5, 5.41) is 0. The first-order chi connectivity index (χ1) is 9.35. The van der Waals surface area contributed by atoms with Gasteiger partial charge in [-0.25, -0.2) is 9.59 Å². The van der Waals surface area contributed by atoms with Crippen molar-refractivity contribution in [2.75, 3.05) is 6.61 Å². The quantitative estimate of drug-likeness (QED) is 0.416. The lowest BCUT2D eigenvalue weighted by molar-refractivity contribution is -0.168. The van der Waals surface area contributed by atoms with E-state index >= 15 is 0 Å². The van der Waals surface area contributed by atoms with Gasteiger partial charge in [-0.3, -0.25) is 4.79 Å². The first-order valence-corrected chi connectivity index (χ1v) is 6.57. The van der Waals surface area contributed by atoms with Crippen LogP contribution in [-0.2, 0) is 28.6 Å². The van der Waals surface area contributed by atoms with Gasteiger partial charge in [0.15, 0.2) is 6.61 Å². The summed E-state index contributed by atoms with van der Waals surface area (Å²) >= 11 is 0. The van der Waals surface area contributed by atoms with Crippen LogP contribution in [0.25, 0.3) is 0 Å². The molecular weight excluding hydrogens is 264 g/mol. The predicted molar refractivity (Wildman–Crippen MR) is 69.6 cm³/mol. The summed E-state index contributed by atoms with van der Waals surface area (Å²) in [5.74, 6) is -1.77. The molecule has 1 aliphatic heterocycles. The highest BCUT2D eigenvalue weighted by Crippen LogP contribution is 2.25. The summed E-state index contributed by atoms with van der Waals surface area (Å²) in [5.41, 5.74) is 0.211. The van der Waals surface area contributed by atoms with Gasteiger partial charge in [-0.1, -0.05) is 20.4 Å². The summed E-state index contributed by atoms with van der Waals surface area (Å²) in [6, 6.07) is 0. The second kappa shape index (κ2) is 7.07. The monoisotopic (exact) mass is 284 g/mol. The average Bonchev–Trinajstić information content (AvgIpc) is 2.72. The third-order valence-electron chi connectivity index (χ3n) is 3.03. The normalized spacial score (nSPS) is 22.9. The van der Waals surface area contributed by atoms with E-state index in [-0.39, 0.29) is 17.5 Å². The van der Waals surface area contributed by atoms with Gasteiger partial charge in [0.05, 0.1) is 5.92 Å². The topological polar surface area (TPSA) is 78.9 Å². The van der Waals surface area contributed by atoms with Gasteiger partial charge in [-0.15, -0.1) is 0 Å². The molecule has 1 saturated heterocycles. The van der Waals surface area contributed by atoms with Crippen molar-refractivity contribution in [1.29, 1.82) is 0 Å². The first kappa shape index (κ1) is 16.2. The van der Waals surface area contributed by atoms with Crippen molar-refractivity contribution < 1.29 is 28.6 Å². The molecule has 112 valence electrons. The van der Waals surface area contributed by atoms with Crippen LogP contribution in [0.5, 0.6) is 0 Å². The minimum atomic E-state index is -0.665. The highest BCUT2D eigenvalue weighted by atomic mass is 16.6. The molecule has 1 aliphatic rings. The lowest BCUT2D eigenvalue weighted by Gasteiger charge is -2.21. The maximum Gasteiger partial charge on any atom is 0.344 e. The Morgan fingerprint density at radius 3 is 2.60 bits per heavy atom. The molecule has 3 unspecified atom stereocenters. The molecule has 1 heterocycles. The summed E-state index contributed by atoms with van der Waals surface area (Å²) in [6.07, 6.45) is 0.101. The number of esters is 3. The first-order valence-electron chi connectivity index (χ1n) is 6.57. The third kappa shape index (κ3) is 4.36. The van der Waals surface area contributed by atoms with Gasteiger partial charge in [-0.2, -0.15) is 0 Å². The van der Waals surface area contributed by atoms with E-state index in [1.54, 1.807) is 6.92 Å². The number of hydrogen-bond donors (Lipinski definition) is 0. The van der Waals surface area contributed by atoms with Crippen LogP contribution in [0, 0.1) is 5.92 Å². The number of carbonyl (C=O) groups excluding carboxylic acids is 3. The van der Waals surface area contributed by atoms with Crippen LogP contribution in [0.2, 0.25) is 0 Å². The minimum absolute atomic E-state index is 0.186. The maximum atomic E-state index is 11.6. The molecule has 1 rings (SSSR count). The molecule has 0 radical (unpaired) electrons. The smallest absolute Gasteiger partial charge is 0.344 e. The minimum Gasteiger partial charge on any atom is -0.458 e. The SMILES string of the molecule is C=C(C)C(=O)OCC(=O)OC(CC)C1CC(C)C(=O)O1. The van der Waals surface area contributed by atoms with Crippen LogP contribution < -0.4 is 0 Å². The number of cyclic esters (lactones) is 1. The molecule has 0 bridgehead atoms. The van der Waals surface area contributed by atoms with Gasteiger partial charge < -0.3 is 14.2 Å². The van der Waals surface area contributed by atoms with E-state index in [0.717, 1.165) is 0 Å². The van der Waals surface area contributed by atoms with E-state index in [1.807, 2.05) is 6.92 Å². The standard InChI is InChI=1S/C14H20O6/c1-5-10(11-6-9(4)14(17)20-11)19-12(15)7-18-13(16)8(2)3/h9-11H,2,5-7H2,1,3-4H3. The molecule has 0 N–H and O–H groups in total. The van der Waals surface area contributed by atoms with Crippen molar-refractivity contribution in [3.63, 3.8) is 0 Å². The predicted octanol–water partition coefficient (Wildman–Crippen LogP) is 1.38. The average molecular weight is 284 g/mol. The van der Waals surface area contributed by atoms with Gasteiger partial charge in [0, 0.05) is 12.0 Å². The number of hydrogen-bond acceptors (Lipinski definition) is 6. The molecule has 3 atom stereocenters. The lowest BCUT2D eigenvalue weighted by atomic mass is 10.0. The Hall–Kier alpha value is -1.85. The van der Waals surface area contributed by atoms with Gasteiger partial charge in [0.2, 0.25) is 0 Å². The fourth-order valence-corrected chi connectivity index (χ4v) is 1.86. The zero-order valence-corrected chi connectivity index (χ0v) is 12.0. The van der Waals surface area contributed by atoms with Crippen LogP contribution in [0.4, 0.5) is 0 Å². The highest BCUT2D eigenvalue weighted by molar-refractivity contribution is 5.88. The van der Waals surface area contributed by atoms with Gasteiger partial charge in [0.1, 0.15) is 12.2 Å². The molecule has 6 nitrogen and oxygen atoms in total. The number of rotatable bonds is 6. The van der Waals surface area contributed by atoms with Crippen LogP contribution in [-0.4, -0.2) is 36.7 Å². The molecule has 0 aliphatic carbocycles. The fraction of sp³-hybridized carbons (Fsp3) is 0.643. The number of carbonyl (C=O) groups is 3. The van der Waals surface area contributed by atoms with Crippen molar-refractivity contribution in [3.05, 3.63) is 12.2 Å². The van der Waals surface area contributed by atoms with E-state index in [4.69, 9.17) is 14.2 Å². The molecule has 0 aromatic heterocycles. The Morgan fingerprint density at radius 2 is 2.15 bits per heavy atom. The summed E-state index contributed by atoms with van der Waals surface area (Å²) in [6.45, 7) is 8.02. The molecule has 0 amide bonds. The molecule has 20 heavy (non-hydrogen) atoms. The van der Waals surface area contributed by atoms with Crippen LogP contribution >= 0.6 is 0 Å². The molecule has 0 spiro atoms. The van der Waals surface area contributed by atoms with Gasteiger partial charge in [-0.05, 0) is 13.3 Å². The van der Waals surface area contributed by atoms with Crippen molar-refractivity contribution in [2.45, 2.75) is 45.8 Å². The lowest BCUT2D eigenvalue weighted by Crippen LogP contribution is -2.32. The molecular formula is C14H20O6. The zero-order valence-electron chi connectivity index (χ0n) is 12.0. The van der Waals surface area contributed by atoms with Gasteiger partial charge in [0.25, 0.3) is 0 Å². The molecule has 1 fully saturated rings. The number of ether oxygens (including phenoxy) is 3. The van der Waals surface area contributed by atoms with Gasteiger partial charge >= 0.3 is 17.9 Å². The Labute approximate surface area is 118 Å². The second-order valence-electron chi connectivity index (χ2n) is 4.91. The highest BCUT2D eigenvalue weighted by Gasteiger charge is 2.37. The van der Waals surface area contributed by atoms with Crippen LogP contribution in [0.1, 0.15) is 33.6 Å². The summed E-state index contributed by atoms with van der Waals surface area (Å²) < 4.78 is 15.0. The van der Waals surface area contributed by atoms with Crippen molar-refractivity contribution >= 4 is 17.9 Å². The van der Waals surface area contributed by atoms with E-state index in [9.17, 15) is 14.4 Å². The fourth-order valence-electron chi connectivity index (χ4n) is 1.86. The molecule has 0 aromatic rings. The summed E-state index contributed by atoms with van der Waals surface area (Å²) in [4.78, 5) is 34.1. The third-order valence-corrected chi connectivity index (χ3v) is 3.03. The van der Waals surface area contributed by atoms with E-state index in [0.29, 0.717) is 12.8 Å². The summed E-state index contributed by atoms with van der Waals surface area (Å²) in [7, 11) is 0. The second-order valence-corrected chi connectivity index (χ2v) is 4.91. The van der Waals surface area contributed by atoms with Crippen molar-refractivity contribution in [3.8, 4) is 0 Å². The molecule has 0 aromatic carbocycles. The van der Waals surface area contributed by atoms with E-state index < -0.39 is 30.8 Å². The molecule has 6 heteroatoms. The Bertz CT molecular complexity index is 414. The van der Waals surface area contributed by atoms with Crippen LogP contribution in [0.3, 0.4) is 0 Å². The zero-order chi connectivity index (χ0) is 15.3. The Kier molecular flexibility index (Phi) is 5.73. The van der Waals surface area contributed by atoms with E-state index in [1.165, 1.54) is 6.92 Å².